The van der Waals surface area contributed by atoms with Crippen LogP contribution >= 0.6 is 0 Å². The van der Waals surface area contributed by atoms with E-state index >= 15 is 0 Å². The second kappa shape index (κ2) is 4.98. The highest BCUT2D eigenvalue weighted by Crippen LogP contribution is 2.05. The van der Waals surface area contributed by atoms with E-state index in [2.05, 4.69) is 10.4 Å². The quantitative estimate of drug-likeness (QED) is 0.742. The van der Waals surface area contributed by atoms with Crippen molar-refractivity contribution < 1.29 is 9.53 Å². The average molecular weight is 224 g/mol. The number of rotatable bonds is 3. The molecule has 6 nitrogen and oxygen atoms in total. The maximum Gasteiger partial charge on any atom is 0.242 e. The third-order valence-electron chi connectivity index (χ3n) is 2.49. The van der Waals surface area contributed by atoms with E-state index in [9.17, 15) is 4.79 Å². The van der Waals surface area contributed by atoms with E-state index in [4.69, 9.17) is 10.5 Å². The fourth-order valence-corrected chi connectivity index (χ4v) is 1.74. The summed E-state index contributed by atoms with van der Waals surface area (Å²) in [5.74, 6) is 0.368. The van der Waals surface area contributed by atoms with Gasteiger partial charge in [-0.1, -0.05) is 0 Å². The van der Waals surface area contributed by atoms with Crippen molar-refractivity contribution in [2.45, 2.75) is 25.4 Å². The molecule has 1 fully saturated rings. The Bertz CT molecular complexity index is 357. The van der Waals surface area contributed by atoms with E-state index in [0.717, 1.165) is 19.4 Å². The number of ether oxygens (including phenoxy) is 1. The molecule has 1 atom stereocenters. The Kier molecular flexibility index (Phi) is 3.40. The maximum absolute atomic E-state index is 11.6. The zero-order valence-corrected chi connectivity index (χ0v) is 9.06. The third-order valence-corrected chi connectivity index (χ3v) is 2.49. The van der Waals surface area contributed by atoms with Crippen molar-refractivity contribution in [1.82, 2.24) is 15.1 Å². The molecule has 0 radical (unpaired) electrons. The Labute approximate surface area is 93.8 Å². The largest absolute Gasteiger partial charge is 0.382 e. The van der Waals surface area contributed by atoms with Crippen LogP contribution in [0.4, 0.5) is 5.82 Å². The molecule has 1 aromatic rings. The Balaban J connectivity index is 1.79. The molecular weight excluding hydrogens is 208 g/mol. The number of nitrogens with two attached hydrogens (primary N) is 1. The first-order valence-electron chi connectivity index (χ1n) is 5.40. The molecule has 88 valence electrons. The molecule has 1 amide bonds. The molecule has 1 saturated heterocycles. The standard InChI is InChI=1S/C10H16N4O2/c11-9-3-4-14(13-9)6-10(15)12-8-2-1-5-16-7-8/h3-4,8H,1-2,5-7H2,(H2,11,13)(H,12,15). The minimum absolute atomic E-state index is 0.0569. The highest BCUT2D eigenvalue weighted by molar-refractivity contribution is 5.76. The molecule has 16 heavy (non-hydrogen) atoms. The summed E-state index contributed by atoms with van der Waals surface area (Å²) in [5.41, 5.74) is 5.45. The van der Waals surface area contributed by atoms with Gasteiger partial charge in [-0.05, 0) is 18.9 Å². The summed E-state index contributed by atoms with van der Waals surface area (Å²) in [4.78, 5) is 11.6. The van der Waals surface area contributed by atoms with Crippen molar-refractivity contribution in [2.24, 2.45) is 0 Å². The van der Waals surface area contributed by atoms with Gasteiger partial charge in [-0.3, -0.25) is 9.48 Å². The van der Waals surface area contributed by atoms with Crippen LogP contribution in [-0.2, 0) is 16.1 Å². The molecule has 0 saturated carbocycles. The zero-order chi connectivity index (χ0) is 11.4. The molecule has 2 heterocycles. The first-order valence-corrected chi connectivity index (χ1v) is 5.40. The SMILES string of the molecule is Nc1ccn(CC(=O)NC2CCCOC2)n1. The Morgan fingerprint density at radius 1 is 1.75 bits per heavy atom. The van der Waals surface area contributed by atoms with Gasteiger partial charge in [0.25, 0.3) is 0 Å². The number of nitrogen functional groups attached to an aromatic ring is 1. The van der Waals surface area contributed by atoms with Gasteiger partial charge in [-0.15, -0.1) is 0 Å². The van der Waals surface area contributed by atoms with Crippen molar-refractivity contribution in [3.8, 4) is 0 Å². The molecule has 1 unspecified atom stereocenters. The maximum atomic E-state index is 11.6. The summed E-state index contributed by atoms with van der Waals surface area (Å²) >= 11 is 0. The Morgan fingerprint density at radius 3 is 3.25 bits per heavy atom. The van der Waals surface area contributed by atoms with Gasteiger partial charge in [0.1, 0.15) is 12.4 Å². The van der Waals surface area contributed by atoms with Crippen LogP contribution in [0.5, 0.6) is 0 Å². The van der Waals surface area contributed by atoms with Crippen LogP contribution < -0.4 is 11.1 Å². The fourth-order valence-electron chi connectivity index (χ4n) is 1.74. The normalized spacial score (nSPS) is 20.6. The highest BCUT2D eigenvalue weighted by atomic mass is 16.5. The Morgan fingerprint density at radius 2 is 2.62 bits per heavy atom. The van der Waals surface area contributed by atoms with Crippen LogP contribution in [0.3, 0.4) is 0 Å². The lowest BCUT2D eigenvalue weighted by atomic mass is 10.1. The molecule has 2 rings (SSSR count). The molecule has 1 aromatic heterocycles. The van der Waals surface area contributed by atoms with Gasteiger partial charge in [0.05, 0.1) is 12.6 Å². The molecule has 1 aliphatic heterocycles. The smallest absolute Gasteiger partial charge is 0.242 e. The zero-order valence-electron chi connectivity index (χ0n) is 9.06. The van der Waals surface area contributed by atoms with Gasteiger partial charge < -0.3 is 15.8 Å². The Hall–Kier alpha value is -1.56. The fraction of sp³-hybridized carbons (Fsp3) is 0.600. The van der Waals surface area contributed by atoms with Crippen LogP contribution in [0.15, 0.2) is 12.3 Å². The molecule has 1 aliphatic rings. The molecule has 0 spiro atoms. The van der Waals surface area contributed by atoms with E-state index < -0.39 is 0 Å². The second-order valence-electron chi connectivity index (χ2n) is 3.92. The number of aromatic nitrogens is 2. The van der Waals surface area contributed by atoms with E-state index in [0.29, 0.717) is 12.4 Å². The number of nitrogens with one attached hydrogen (secondary N) is 1. The minimum Gasteiger partial charge on any atom is -0.382 e. The van der Waals surface area contributed by atoms with Gasteiger partial charge in [0, 0.05) is 12.8 Å². The van der Waals surface area contributed by atoms with Crippen molar-refractivity contribution in [3.63, 3.8) is 0 Å². The number of hydrogen-bond donors (Lipinski definition) is 2. The lowest BCUT2D eigenvalue weighted by Gasteiger charge is -2.23. The van der Waals surface area contributed by atoms with Crippen LogP contribution in [-0.4, -0.2) is 34.9 Å². The van der Waals surface area contributed by atoms with Crippen LogP contribution in [0, 0.1) is 0 Å². The first-order chi connectivity index (χ1) is 7.74. The van der Waals surface area contributed by atoms with E-state index in [-0.39, 0.29) is 18.5 Å². The molecular formula is C10H16N4O2. The molecule has 6 heteroatoms. The third kappa shape index (κ3) is 2.96. The summed E-state index contributed by atoms with van der Waals surface area (Å²) in [6.07, 6.45) is 3.67. The summed E-state index contributed by atoms with van der Waals surface area (Å²) in [7, 11) is 0. The predicted octanol–water partition coefficient (Wildman–Crippen LogP) is -0.240. The van der Waals surface area contributed by atoms with Gasteiger partial charge >= 0.3 is 0 Å². The van der Waals surface area contributed by atoms with Gasteiger partial charge in [-0.2, -0.15) is 5.10 Å². The van der Waals surface area contributed by atoms with Crippen LogP contribution in [0.2, 0.25) is 0 Å². The van der Waals surface area contributed by atoms with E-state index in [1.807, 2.05) is 0 Å². The van der Waals surface area contributed by atoms with Gasteiger partial charge in [0.15, 0.2) is 0 Å². The number of hydrogen-bond acceptors (Lipinski definition) is 4. The summed E-state index contributed by atoms with van der Waals surface area (Å²) in [5, 5.41) is 6.86. The number of carbonyl (C=O) groups is 1. The molecule has 0 aromatic carbocycles. The van der Waals surface area contributed by atoms with Crippen LogP contribution in [0.25, 0.3) is 0 Å². The second-order valence-corrected chi connectivity index (χ2v) is 3.92. The molecule has 0 aliphatic carbocycles. The highest BCUT2D eigenvalue weighted by Gasteiger charge is 2.16. The summed E-state index contributed by atoms with van der Waals surface area (Å²) in [6, 6.07) is 1.80. The monoisotopic (exact) mass is 224 g/mol. The predicted molar refractivity (Wildman–Crippen MR) is 58.6 cm³/mol. The topological polar surface area (TPSA) is 82.2 Å². The van der Waals surface area contributed by atoms with Gasteiger partial charge in [-0.25, -0.2) is 0 Å². The number of carbonyl (C=O) groups excluding carboxylic acids is 1. The molecule has 3 N–H and O–H groups in total. The lowest BCUT2D eigenvalue weighted by Crippen LogP contribution is -2.42. The van der Waals surface area contributed by atoms with Crippen molar-refractivity contribution in [1.29, 1.82) is 0 Å². The molecule has 0 bridgehead atoms. The lowest BCUT2D eigenvalue weighted by molar-refractivity contribution is -0.123. The summed E-state index contributed by atoms with van der Waals surface area (Å²) < 4.78 is 6.80. The van der Waals surface area contributed by atoms with Crippen molar-refractivity contribution in [3.05, 3.63) is 12.3 Å². The van der Waals surface area contributed by atoms with Crippen molar-refractivity contribution in [2.75, 3.05) is 18.9 Å². The number of nitrogens with zero attached hydrogens (tertiary/aromatic N) is 2. The van der Waals surface area contributed by atoms with E-state index in [1.54, 1.807) is 12.3 Å². The van der Waals surface area contributed by atoms with Crippen molar-refractivity contribution >= 4 is 11.7 Å². The van der Waals surface area contributed by atoms with E-state index in [1.165, 1.54) is 4.68 Å². The van der Waals surface area contributed by atoms with Gasteiger partial charge in [0.2, 0.25) is 5.91 Å². The summed E-state index contributed by atoms with van der Waals surface area (Å²) in [6.45, 7) is 1.60. The number of amides is 1. The average Bonchev–Trinajstić information content (AvgIpc) is 2.65. The van der Waals surface area contributed by atoms with Crippen LogP contribution in [0.1, 0.15) is 12.8 Å². The number of anilines is 1. The first kappa shape index (κ1) is 10.9. The minimum atomic E-state index is -0.0569.